The Morgan fingerprint density at radius 1 is 1.16 bits per heavy atom. The lowest BCUT2D eigenvalue weighted by Crippen LogP contribution is -2.15. The van der Waals surface area contributed by atoms with Crippen LogP contribution in [0.4, 0.5) is 0 Å². The number of rotatable bonds is 4. The summed E-state index contributed by atoms with van der Waals surface area (Å²) in [6.07, 6.45) is 8.62. The van der Waals surface area contributed by atoms with Crippen LogP contribution in [-0.4, -0.2) is 16.2 Å². The van der Waals surface area contributed by atoms with E-state index in [0.717, 1.165) is 24.3 Å². The first kappa shape index (κ1) is 12.6. The summed E-state index contributed by atoms with van der Waals surface area (Å²) in [6.45, 7) is 0. The number of aromatic nitrogens is 1. The largest absolute Gasteiger partial charge is 0.393 e. The van der Waals surface area contributed by atoms with E-state index in [0.29, 0.717) is 0 Å². The second-order valence-corrected chi connectivity index (χ2v) is 5.73. The molecule has 0 radical (unpaired) electrons. The van der Waals surface area contributed by atoms with Crippen molar-refractivity contribution in [3.8, 4) is 0 Å². The highest BCUT2D eigenvalue weighted by atomic mass is 16.3. The number of aliphatic hydroxyl groups excluding tert-OH is 1. The topological polar surface area (TPSA) is 33.1 Å². The molecule has 1 fully saturated rings. The molecule has 3 rings (SSSR count). The summed E-state index contributed by atoms with van der Waals surface area (Å²) in [5.74, 6) is 0.739. The van der Waals surface area contributed by atoms with Crippen molar-refractivity contribution in [3.05, 3.63) is 42.1 Å². The third-order valence-electron chi connectivity index (χ3n) is 4.28. The molecule has 0 amide bonds. The van der Waals surface area contributed by atoms with Crippen molar-refractivity contribution < 1.29 is 5.11 Å². The molecule has 1 atom stereocenters. The van der Waals surface area contributed by atoms with Gasteiger partial charge in [0.05, 0.1) is 11.6 Å². The van der Waals surface area contributed by atoms with Crippen LogP contribution >= 0.6 is 0 Å². The molecule has 0 spiro atoms. The molecule has 1 aromatic carbocycles. The second kappa shape index (κ2) is 5.70. The van der Waals surface area contributed by atoms with E-state index in [-0.39, 0.29) is 6.10 Å². The third kappa shape index (κ3) is 2.95. The molecule has 0 saturated heterocycles. The summed E-state index contributed by atoms with van der Waals surface area (Å²) in [6, 6.07) is 10.2. The van der Waals surface area contributed by atoms with Crippen LogP contribution in [0.15, 0.2) is 36.5 Å². The molecule has 1 aromatic heterocycles. The van der Waals surface area contributed by atoms with E-state index in [9.17, 15) is 5.11 Å². The fourth-order valence-corrected chi connectivity index (χ4v) is 3.30. The number of pyridine rings is 1. The van der Waals surface area contributed by atoms with Gasteiger partial charge in [0.15, 0.2) is 0 Å². The highest BCUT2D eigenvalue weighted by Gasteiger charge is 2.19. The minimum Gasteiger partial charge on any atom is -0.393 e. The van der Waals surface area contributed by atoms with E-state index in [1.807, 2.05) is 30.5 Å². The molecule has 1 aliphatic rings. The maximum absolute atomic E-state index is 10.3. The van der Waals surface area contributed by atoms with Gasteiger partial charge in [-0.3, -0.25) is 4.98 Å². The molecule has 2 heteroatoms. The van der Waals surface area contributed by atoms with Crippen molar-refractivity contribution in [1.82, 2.24) is 4.98 Å². The Morgan fingerprint density at radius 2 is 1.95 bits per heavy atom. The van der Waals surface area contributed by atoms with Gasteiger partial charge in [-0.1, -0.05) is 43.9 Å². The Labute approximate surface area is 114 Å². The number of aliphatic hydroxyl groups is 1. The van der Waals surface area contributed by atoms with Crippen molar-refractivity contribution in [3.63, 3.8) is 0 Å². The standard InChI is InChI=1S/C17H21NO/c19-15(11-13-5-1-2-6-13)12-14-9-10-18-17-8-4-3-7-16(14)17/h3-4,7-10,13,15,19H,1-2,5-6,11-12H2. The predicted molar refractivity (Wildman–Crippen MR) is 78.0 cm³/mol. The van der Waals surface area contributed by atoms with E-state index in [1.54, 1.807) is 0 Å². The molecule has 0 bridgehead atoms. The minimum absolute atomic E-state index is 0.214. The van der Waals surface area contributed by atoms with Gasteiger partial charge in [0.1, 0.15) is 0 Å². The van der Waals surface area contributed by atoms with Crippen LogP contribution in [0.2, 0.25) is 0 Å². The number of hydrogen-bond donors (Lipinski definition) is 1. The monoisotopic (exact) mass is 255 g/mol. The lowest BCUT2D eigenvalue weighted by molar-refractivity contribution is 0.143. The first-order chi connectivity index (χ1) is 9.33. The third-order valence-corrected chi connectivity index (χ3v) is 4.28. The van der Waals surface area contributed by atoms with E-state index < -0.39 is 0 Å². The average molecular weight is 255 g/mol. The summed E-state index contributed by atoms with van der Waals surface area (Å²) in [7, 11) is 0. The Kier molecular flexibility index (Phi) is 3.79. The van der Waals surface area contributed by atoms with Crippen LogP contribution in [0.25, 0.3) is 10.9 Å². The molecule has 0 aliphatic heterocycles. The SMILES string of the molecule is OC(Cc1ccnc2ccccc12)CC1CCCC1. The molecule has 2 nitrogen and oxygen atoms in total. The van der Waals surface area contributed by atoms with Gasteiger partial charge in [-0.15, -0.1) is 0 Å². The molecule has 1 heterocycles. The van der Waals surface area contributed by atoms with Crippen LogP contribution in [0, 0.1) is 5.92 Å². The number of fused-ring (bicyclic) bond motifs is 1. The van der Waals surface area contributed by atoms with E-state index in [2.05, 4.69) is 11.1 Å². The van der Waals surface area contributed by atoms with Crippen LogP contribution in [0.1, 0.15) is 37.7 Å². The zero-order chi connectivity index (χ0) is 13.1. The van der Waals surface area contributed by atoms with E-state index >= 15 is 0 Å². The van der Waals surface area contributed by atoms with Crippen molar-refractivity contribution >= 4 is 10.9 Å². The Morgan fingerprint density at radius 3 is 2.79 bits per heavy atom. The summed E-state index contributed by atoms with van der Waals surface area (Å²) in [5, 5.41) is 11.5. The summed E-state index contributed by atoms with van der Waals surface area (Å²) < 4.78 is 0. The molecule has 1 saturated carbocycles. The van der Waals surface area contributed by atoms with Crippen molar-refractivity contribution in [2.24, 2.45) is 5.92 Å². The van der Waals surface area contributed by atoms with Gasteiger partial charge in [-0.05, 0) is 36.5 Å². The predicted octanol–water partition coefficient (Wildman–Crippen LogP) is 3.72. The fraction of sp³-hybridized carbons (Fsp3) is 0.471. The molecule has 2 aromatic rings. The quantitative estimate of drug-likeness (QED) is 0.903. The van der Waals surface area contributed by atoms with E-state index in [4.69, 9.17) is 0 Å². The lowest BCUT2D eigenvalue weighted by Gasteiger charge is -2.16. The van der Waals surface area contributed by atoms with Gasteiger partial charge >= 0.3 is 0 Å². The molecule has 1 aliphatic carbocycles. The normalized spacial score (nSPS) is 17.9. The van der Waals surface area contributed by atoms with Crippen LogP contribution < -0.4 is 0 Å². The highest BCUT2D eigenvalue weighted by molar-refractivity contribution is 5.81. The lowest BCUT2D eigenvalue weighted by atomic mass is 9.95. The number of benzene rings is 1. The fourth-order valence-electron chi connectivity index (χ4n) is 3.30. The Balaban J connectivity index is 1.73. The highest BCUT2D eigenvalue weighted by Crippen LogP contribution is 2.29. The first-order valence-electron chi connectivity index (χ1n) is 7.33. The zero-order valence-electron chi connectivity index (χ0n) is 11.3. The number of para-hydroxylation sites is 1. The molecule has 1 N–H and O–H groups in total. The van der Waals surface area contributed by atoms with E-state index in [1.165, 1.54) is 36.6 Å². The average Bonchev–Trinajstić information content (AvgIpc) is 2.92. The molecular weight excluding hydrogens is 234 g/mol. The molecule has 19 heavy (non-hydrogen) atoms. The molecule has 1 unspecified atom stereocenters. The smallest absolute Gasteiger partial charge is 0.0704 e. The summed E-state index contributed by atoms with van der Waals surface area (Å²) >= 11 is 0. The second-order valence-electron chi connectivity index (χ2n) is 5.73. The van der Waals surface area contributed by atoms with Gasteiger partial charge in [0.2, 0.25) is 0 Å². The van der Waals surface area contributed by atoms with Crippen molar-refractivity contribution in [2.75, 3.05) is 0 Å². The van der Waals surface area contributed by atoms with Crippen molar-refractivity contribution in [1.29, 1.82) is 0 Å². The Bertz CT molecular complexity index is 540. The number of hydrogen-bond acceptors (Lipinski definition) is 2. The number of nitrogens with zero attached hydrogens (tertiary/aromatic N) is 1. The van der Waals surface area contributed by atoms with Gasteiger partial charge in [0.25, 0.3) is 0 Å². The minimum atomic E-state index is -0.214. The van der Waals surface area contributed by atoms with Crippen LogP contribution in [0.5, 0.6) is 0 Å². The van der Waals surface area contributed by atoms with Crippen LogP contribution in [0.3, 0.4) is 0 Å². The van der Waals surface area contributed by atoms with Crippen molar-refractivity contribution in [2.45, 2.75) is 44.6 Å². The molecular formula is C17H21NO. The maximum atomic E-state index is 10.3. The summed E-state index contributed by atoms with van der Waals surface area (Å²) in [5.41, 5.74) is 2.24. The Hall–Kier alpha value is -1.41. The molecule has 100 valence electrons. The van der Waals surface area contributed by atoms with Crippen LogP contribution in [-0.2, 0) is 6.42 Å². The zero-order valence-corrected chi connectivity index (χ0v) is 11.3. The van der Waals surface area contributed by atoms with Gasteiger partial charge in [-0.25, -0.2) is 0 Å². The maximum Gasteiger partial charge on any atom is 0.0704 e. The van der Waals surface area contributed by atoms with Gasteiger partial charge < -0.3 is 5.11 Å². The van der Waals surface area contributed by atoms with Gasteiger partial charge in [0, 0.05) is 11.6 Å². The summed E-state index contributed by atoms with van der Waals surface area (Å²) in [4.78, 5) is 4.37. The first-order valence-corrected chi connectivity index (χ1v) is 7.33. The van der Waals surface area contributed by atoms with Gasteiger partial charge in [-0.2, -0.15) is 0 Å².